The van der Waals surface area contributed by atoms with Crippen LogP contribution in [0.3, 0.4) is 0 Å². The minimum atomic E-state index is -0.351. The summed E-state index contributed by atoms with van der Waals surface area (Å²) in [6, 6.07) is 10.1. The molecular weight excluding hydrogens is 334 g/mol. The van der Waals surface area contributed by atoms with Gasteiger partial charge in [0, 0.05) is 18.3 Å². The number of benzene rings is 1. The Morgan fingerprint density at radius 2 is 2.00 bits per heavy atom. The van der Waals surface area contributed by atoms with E-state index in [4.69, 9.17) is 14.9 Å². The molecule has 0 unspecified atom stereocenters. The highest BCUT2D eigenvalue weighted by atomic mass is 16.5. The molecule has 0 saturated heterocycles. The van der Waals surface area contributed by atoms with Crippen molar-refractivity contribution in [3.8, 4) is 5.75 Å². The molecule has 1 aromatic heterocycles. The highest BCUT2D eigenvalue weighted by Crippen LogP contribution is 2.28. The van der Waals surface area contributed by atoms with Crippen molar-refractivity contribution in [2.75, 3.05) is 18.5 Å². The van der Waals surface area contributed by atoms with E-state index in [1.807, 2.05) is 0 Å². The number of carbonyl (C=O) groups excluding carboxylic acids is 2. The first-order chi connectivity index (χ1) is 12.6. The predicted octanol–water partition coefficient (Wildman–Crippen LogP) is 2.30. The number of hydrogen-bond donors (Lipinski definition) is 3. The fraction of sp³-hybridized carbons (Fsp3) is 0.368. The molecule has 0 atom stereocenters. The summed E-state index contributed by atoms with van der Waals surface area (Å²) in [5.41, 5.74) is 6.09. The molecule has 0 bridgehead atoms. The molecule has 2 amide bonds. The zero-order chi connectivity index (χ0) is 18.4. The molecule has 7 nitrogen and oxygen atoms in total. The van der Waals surface area contributed by atoms with Gasteiger partial charge in [0.25, 0.3) is 11.8 Å². The van der Waals surface area contributed by atoms with Gasteiger partial charge in [-0.1, -0.05) is 18.9 Å². The zero-order valence-corrected chi connectivity index (χ0v) is 14.5. The van der Waals surface area contributed by atoms with Crippen molar-refractivity contribution in [1.29, 1.82) is 0 Å². The highest BCUT2D eigenvalue weighted by molar-refractivity contribution is 6.02. The average Bonchev–Trinajstić information content (AvgIpc) is 3.33. The van der Waals surface area contributed by atoms with Crippen LogP contribution in [0.1, 0.15) is 36.2 Å². The highest BCUT2D eigenvalue weighted by Gasteiger charge is 2.33. The summed E-state index contributed by atoms with van der Waals surface area (Å²) in [4.78, 5) is 24.2. The first-order valence-electron chi connectivity index (χ1n) is 8.69. The van der Waals surface area contributed by atoms with E-state index < -0.39 is 0 Å². The van der Waals surface area contributed by atoms with Gasteiger partial charge in [0.2, 0.25) is 0 Å². The van der Waals surface area contributed by atoms with Crippen molar-refractivity contribution in [2.24, 2.45) is 5.73 Å². The van der Waals surface area contributed by atoms with E-state index in [2.05, 4.69) is 10.6 Å². The van der Waals surface area contributed by atoms with Gasteiger partial charge in [-0.3, -0.25) is 9.59 Å². The Morgan fingerprint density at radius 1 is 1.19 bits per heavy atom. The lowest BCUT2D eigenvalue weighted by Gasteiger charge is -2.28. The molecule has 0 spiro atoms. The summed E-state index contributed by atoms with van der Waals surface area (Å²) in [5, 5.41) is 5.72. The summed E-state index contributed by atoms with van der Waals surface area (Å²) in [6.45, 7) is 0.338. The maximum atomic E-state index is 12.2. The summed E-state index contributed by atoms with van der Waals surface area (Å²) < 4.78 is 10.6. The Kier molecular flexibility index (Phi) is 5.58. The Bertz CT molecular complexity index is 752. The largest absolute Gasteiger partial charge is 0.484 e. The molecule has 1 aliphatic carbocycles. The minimum Gasteiger partial charge on any atom is -0.484 e. The average molecular weight is 357 g/mol. The predicted molar refractivity (Wildman–Crippen MR) is 97.0 cm³/mol. The van der Waals surface area contributed by atoms with Gasteiger partial charge in [-0.05, 0) is 37.1 Å². The van der Waals surface area contributed by atoms with Crippen molar-refractivity contribution < 1.29 is 18.7 Å². The van der Waals surface area contributed by atoms with E-state index in [1.165, 1.54) is 6.26 Å². The van der Waals surface area contributed by atoms with Crippen molar-refractivity contribution >= 4 is 17.5 Å². The van der Waals surface area contributed by atoms with Crippen molar-refractivity contribution in [1.82, 2.24) is 5.32 Å². The molecule has 3 rings (SSSR count). The van der Waals surface area contributed by atoms with Gasteiger partial charge in [-0.2, -0.15) is 0 Å². The van der Waals surface area contributed by atoms with Crippen LogP contribution in [0.25, 0.3) is 0 Å². The van der Waals surface area contributed by atoms with Gasteiger partial charge < -0.3 is 25.5 Å². The van der Waals surface area contributed by atoms with Gasteiger partial charge in [0.15, 0.2) is 12.4 Å². The molecule has 1 aromatic carbocycles. The molecule has 1 fully saturated rings. The maximum absolute atomic E-state index is 12.2. The Morgan fingerprint density at radius 3 is 2.69 bits per heavy atom. The van der Waals surface area contributed by atoms with Crippen LogP contribution in [0.2, 0.25) is 0 Å². The van der Waals surface area contributed by atoms with Crippen LogP contribution in [-0.2, 0) is 4.79 Å². The monoisotopic (exact) mass is 357 g/mol. The molecule has 7 heteroatoms. The number of ether oxygens (including phenoxy) is 1. The Labute approximate surface area is 151 Å². The lowest BCUT2D eigenvalue weighted by atomic mass is 9.98. The van der Waals surface area contributed by atoms with E-state index in [9.17, 15) is 9.59 Å². The molecule has 0 radical (unpaired) electrons. The van der Waals surface area contributed by atoms with Crippen LogP contribution in [0.4, 0.5) is 5.69 Å². The van der Waals surface area contributed by atoms with Crippen molar-refractivity contribution in [2.45, 2.75) is 31.2 Å². The van der Waals surface area contributed by atoms with Gasteiger partial charge in [-0.25, -0.2) is 0 Å². The second kappa shape index (κ2) is 8.05. The van der Waals surface area contributed by atoms with Gasteiger partial charge in [0.05, 0.1) is 11.8 Å². The van der Waals surface area contributed by atoms with Crippen LogP contribution in [-0.4, -0.2) is 30.5 Å². The topological polar surface area (TPSA) is 107 Å². The van der Waals surface area contributed by atoms with Crippen LogP contribution in [0.5, 0.6) is 5.75 Å². The fourth-order valence-electron chi connectivity index (χ4n) is 3.18. The van der Waals surface area contributed by atoms with Crippen molar-refractivity contribution in [3.63, 3.8) is 0 Å². The van der Waals surface area contributed by atoms with Crippen LogP contribution < -0.4 is 21.1 Å². The number of anilines is 1. The first kappa shape index (κ1) is 18.0. The first-order valence-corrected chi connectivity index (χ1v) is 8.69. The van der Waals surface area contributed by atoms with Gasteiger partial charge in [-0.15, -0.1) is 0 Å². The smallest absolute Gasteiger partial charge is 0.291 e. The number of rotatable bonds is 7. The van der Waals surface area contributed by atoms with Gasteiger partial charge >= 0.3 is 0 Å². The Hall–Kier alpha value is -2.80. The van der Waals surface area contributed by atoms with Crippen LogP contribution >= 0.6 is 0 Å². The van der Waals surface area contributed by atoms with Crippen LogP contribution in [0.15, 0.2) is 47.1 Å². The van der Waals surface area contributed by atoms with Crippen molar-refractivity contribution in [3.05, 3.63) is 48.4 Å². The molecular formula is C19H23N3O4. The molecule has 138 valence electrons. The number of hydrogen-bond acceptors (Lipinski definition) is 5. The summed E-state index contributed by atoms with van der Waals surface area (Å²) in [6.07, 6.45) is 5.41. The molecule has 0 aliphatic heterocycles. The molecule has 1 saturated carbocycles. The molecule has 1 heterocycles. The fourth-order valence-corrected chi connectivity index (χ4v) is 3.18. The quantitative estimate of drug-likeness (QED) is 0.705. The SMILES string of the molecule is NCC1(NC(=O)COc2cccc(NC(=O)c3ccco3)c2)CCCC1. The number of amides is 2. The second-order valence-corrected chi connectivity index (χ2v) is 6.49. The number of nitrogens with two attached hydrogens (primary N) is 1. The molecule has 2 aromatic rings. The molecule has 26 heavy (non-hydrogen) atoms. The summed E-state index contributed by atoms with van der Waals surface area (Å²) in [5.74, 6) is 0.170. The lowest BCUT2D eigenvalue weighted by Crippen LogP contribution is -2.52. The maximum Gasteiger partial charge on any atom is 0.291 e. The molecule has 4 N–H and O–H groups in total. The van der Waals surface area contributed by atoms with Gasteiger partial charge in [0.1, 0.15) is 5.75 Å². The number of carbonyl (C=O) groups is 2. The van der Waals surface area contributed by atoms with Crippen LogP contribution in [0, 0.1) is 0 Å². The normalized spacial score (nSPS) is 15.4. The van der Waals surface area contributed by atoms with E-state index in [-0.39, 0.29) is 29.7 Å². The third kappa shape index (κ3) is 4.43. The summed E-state index contributed by atoms with van der Waals surface area (Å²) >= 11 is 0. The van der Waals surface area contributed by atoms with E-state index in [0.717, 1.165) is 25.7 Å². The minimum absolute atomic E-state index is 0.0999. The standard InChI is InChI=1S/C19H23N3O4/c20-13-19(8-1-2-9-19)22-17(23)12-26-15-6-3-5-14(11-15)21-18(24)16-7-4-10-25-16/h3-7,10-11H,1-2,8-9,12-13,20H2,(H,21,24)(H,22,23). The van der Waals surface area contributed by atoms with E-state index >= 15 is 0 Å². The third-order valence-corrected chi connectivity index (χ3v) is 4.56. The third-order valence-electron chi connectivity index (χ3n) is 4.56. The summed E-state index contributed by atoms with van der Waals surface area (Å²) in [7, 11) is 0. The zero-order valence-electron chi connectivity index (χ0n) is 14.5. The number of nitrogens with one attached hydrogen (secondary N) is 2. The Balaban J connectivity index is 1.53. The number of furan rings is 1. The van der Waals surface area contributed by atoms with E-state index in [0.29, 0.717) is 18.0 Å². The second-order valence-electron chi connectivity index (χ2n) is 6.49. The lowest BCUT2D eigenvalue weighted by molar-refractivity contribution is -0.124. The van der Waals surface area contributed by atoms with E-state index in [1.54, 1.807) is 36.4 Å². The molecule has 1 aliphatic rings.